The number of para-hydroxylation sites is 1. The molecule has 0 saturated carbocycles. The summed E-state index contributed by atoms with van der Waals surface area (Å²) >= 11 is 6.00. The lowest BCUT2D eigenvalue weighted by Gasteiger charge is -2.33. The summed E-state index contributed by atoms with van der Waals surface area (Å²) in [5.74, 6) is 0. The SMILES string of the molecule is C=C1C=CN(c2ccc(Cl)cc2)N1Cc1ccccc1N(OC)C(=O)OC. The lowest BCUT2D eigenvalue weighted by atomic mass is 10.1. The lowest BCUT2D eigenvalue weighted by Crippen LogP contribution is -2.35. The number of carbonyl (C=O) groups excluding carboxylic acids is 1. The second kappa shape index (κ2) is 8.16. The lowest BCUT2D eigenvalue weighted by molar-refractivity contribution is 0.115. The van der Waals surface area contributed by atoms with E-state index in [1.807, 2.05) is 64.8 Å². The summed E-state index contributed by atoms with van der Waals surface area (Å²) < 4.78 is 4.80. The number of hydroxylamine groups is 1. The van der Waals surface area contributed by atoms with Crippen LogP contribution in [-0.4, -0.2) is 25.3 Å². The minimum Gasteiger partial charge on any atom is -0.451 e. The maximum Gasteiger partial charge on any atom is 0.438 e. The minimum atomic E-state index is -0.599. The molecule has 1 aliphatic rings. The molecule has 0 aromatic heterocycles. The van der Waals surface area contributed by atoms with E-state index in [0.717, 1.165) is 22.0 Å². The zero-order chi connectivity index (χ0) is 19.4. The topological polar surface area (TPSA) is 45.2 Å². The summed E-state index contributed by atoms with van der Waals surface area (Å²) in [4.78, 5) is 17.2. The third-order valence-electron chi connectivity index (χ3n) is 4.14. The highest BCUT2D eigenvalue weighted by atomic mass is 35.5. The van der Waals surface area contributed by atoms with Crippen LogP contribution in [0, 0.1) is 0 Å². The Labute approximate surface area is 163 Å². The largest absolute Gasteiger partial charge is 0.451 e. The van der Waals surface area contributed by atoms with Crippen LogP contribution in [0.4, 0.5) is 16.2 Å². The van der Waals surface area contributed by atoms with Gasteiger partial charge in [-0.3, -0.25) is 14.9 Å². The second-order valence-corrected chi connectivity index (χ2v) is 6.20. The van der Waals surface area contributed by atoms with Gasteiger partial charge < -0.3 is 4.74 Å². The number of hydrogen-bond acceptors (Lipinski definition) is 5. The Hall–Kier alpha value is -2.96. The van der Waals surface area contributed by atoms with Gasteiger partial charge in [0.1, 0.15) is 0 Å². The molecule has 140 valence electrons. The molecule has 0 atom stereocenters. The van der Waals surface area contributed by atoms with Gasteiger partial charge >= 0.3 is 6.09 Å². The number of anilines is 2. The average molecular weight is 386 g/mol. The van der Waals surface area contributed by atoms with Gasteiger partial charge in [-0.05, 0) is 42.0 Å². The van der Waals surface area contributed by atoms with Gasteiger partial charge in [0.25, 0.3) is 0 Å². The molecular weight excluding hydrogens is 366 g/mol. The van der Waals surface area contributed by atoms with Crippen molar-refractivity contribution >= 4 is 29.1 Å². The number of hydrazine groups is 1. The molecule has 1 heterocycles. The molecule has 0 N–H and O–H groups in total. The fraction of sp³-hybridized carbons (Fsp3) is 0.150. The van der Waals surface area contributed by atoms with Crippen molar-refractivity contribution in [2.45, 2.75) is 6.54 Å². The van der Waals surface area contributed by atoms with Crippen molar-refractivity contribution in [3.05, 3.63) is 83.7 Å². The highest BCUT2D eigenvalue weighted by molar-refractivity contribution is 6.30. The Morgan fingerprint density at radius 1 is 1.15 bits per heavy atom. The maximum atomic E-state index is 12.0. The first-order chi connectivity index (χ1) is 13.0. The van der Waals surface area contributed by atoms with Crippen LogP contribution in [0.2, 0.25) is 5.02 Å². The first-order valence-electron chi connectivity index (χ1n) is 8.24. The highest BCUT2D eigenvalue weighted by Gasteiger charge is 2.24. The standard InChI is InChI=1S/C20H20ClN3O3/c1-15-12-13-22(18-10-8-17(21)9-11-18)23(15)14-16-6-4-5-7-19(16)24(27-3)20(25)26-2/h4-13H,1,14H2,2-3H3. The van der Waals surface area contributed by atoms with E-state index in [-0.39, 0.29) is 0 Å². The zero-order valence-corrected chi connectivity index (χ0v) is 15.9. The van der Waals surface area contributed by atoms with Crippen LogP contribution >= 0.6 is 11.6 Å². The molecular formula is C20H20ClN3O3. The zero-order valence-electron chi connectivity index (χ0n) is 15.1. The Morgan fingerprint density at radius 3 is 2.52 bits per heavy atom. The fourth-order valence-corrected chi connectivity index (χ4v) is 2.94. The van der Waals surface area contributed by atoms with Crippen LogP contribution < -0.4 is 10.1 Å². The smallest absolute Gasteiger partial charge is 0.438 e. The van der Waals surface area contributed by atoms with Gasteiger partial charge in [-0.25, -0.2) is 4.79 Å². The summed E-state index contributed by atoms with van der Waals surface area (Å²) in [5.41, 5.74) is 3.24. The van der Waals surface area contributed by atoms with Gasteiger partial charge in [-0.2, -0.15) is 5.06 Å². The average Bonchev–Trinajstić information content (AvgIpc) is 3.04. The molecule has 0 unspecified atom stereocenters. The number of nitrogens with zero attached hydrogens (tertiary/aromatic N) is 3. The molecule has 0 radical (unpaired) electrons. The summed E-state index contributed by atoms with van der Waals surface area (Å²) in [5, 5.41) is 5.76. The maximum absolute atomic E-state index is 12.0. The monoisotopic (exact) mass is 385 g/mol. The number of halogens is 1. The predicted octanol–water partition coefficient (Wildman–Crippen LogP) is 4.74. The first-order valence-corrected chi connectivity index (χ1v) is 8.62. The molecule has 3 rings (SSSR count). The van der Waals surface area contributed by atoms with Gasteiger partial charge in [0.2, 0.25) is 0 Å². The predicted molar refractivity (Wildman–Crippen MR) is 106 cm³/mol. The van der Waals surface area contributed by atoms with Crippen LogP contribution in [0.5, 0.6) is 0 Å². The first kappa shape index (κ1) is 18.8. The van der Waals surface area contributed by atoms with E-state index in [0.29, 0.717) is 17.3 Å². The van der Waals surface area contributed by atoms with Crippen LogP contribution in [0.1, 0.15) is 5.56 Å². The molecule has 0 saturated heterocycles. The number of carbonyl (C=O) groups is 1. The second-order valence-electron chi connectivity index (χ2n) is 5.76. The Morgan fingerprint density at radius 2 is 1.85 bits per heavy atom. The van der Waals surface area contributed by atoms with Crippen molar-refractivity contribution in [2.75, 3.05) is 24.3 Å². The molecule has 0 fully saturated rings. The van der Waals surface area contributed by atoms with Crippen molar-refractivity contribution < 1.29 is 14.4 Å². The number of amides is 1. The van der Waals surface area contributed by atoms with E-state index in [1.165, 1.54) is 14.2 Å². The molecule has 1 aliphatic heterocycles. The molecule has 2 aromatic rings. The third kappa shape index (κ3) is 3.92. The Bertz CT molecular complexity index is 867. The summed E-state index contributed by atoms with van der Waals surface area (Å²) in [7, 11) is 2.73. The summed E-state index contributed by atoms with van der Waals surface area (Å²) in [6.07, 6.45) is 3.26. The molecule has 7 heteroatoms. The number of ether oxygens (including phenoxy) is 1. The van der Waals surface area contributed by atoms with Gasteiger partial charge in [0, 0.05) is 11.2 Å². The quantitative estimate of drug-likeness (QED) is 0.696. The molecule has 27 heavy (non-hydrogen) atoms. The number of benzene rings is 2. The van der Waals surface area contributed by atoms with E-state index in [4.69, 9.17) is 21.2 Å². The van der Waals surface area contributed by atoms with E-state index < -0.39 is 6.09 Å². The molecule has 1 amide bonds. The number of methoxy groups -OCH3 is 1. The Kier molecular flexibility index (Phi) is 5.69. The number of rotatable bonds is 5. The Balaban J connectivity index is 1.91. The van der Waals surface area contributed by atoms with Crippen molar-refractivity contribution in [1.29, 1.82) is 0 Å². The van der Waals surface area contributed by atoms with Crippen LogP contribution in [0.25, 0.3) is 0 Å². The summed E-state index contributed by atoms with van der Waals surface area (Å²) in [6.45, 7) is 4.58. The fourth-order valence-electron chi connectivity index (χ4n) is 2.82. The van der Waals surface area contributed by atoms with Crippen LogP contribution in [0.15, 0.2) is 73.1 Å². The van der Waals surface area contributed by atoms with E-state index in [1.54, 1.807) is 6.07 Å². The van der Waals surface area contributed by atoms with Gasteiger partial charge in [-0.15, -0.1) is 0 Å². The molecule has 0 spiro atoms. The van der Waals surface area contributed by atoms with E-state index in [2.05, 4.69) is 6.58 Å². The number of hydrogen-bond donors (Lipinski definition) is 0. The molecule has 0 aliphatic carbocycles. The van der Waals surface area contributed by atoms with Gasteiger partial charge in [0.05, 0.1) is 37.8 Å². The summed E-state index contributed by atoms with van der Waals surface area (Å²) in [6, 6.07) is 15.0. The van der Waals surface area contributed by atoms with Crippen molar-refractivity contribution in [3.8, 4) is 0 Å². The minimum absolute atomic E-state index is 0.474. The van der Waals surface area contributed by atoms with Crippen LogP contribution in [-0.2, 0) is 16.1 Å². The molecule has 6 nitrogen and oxygen atoms in total. The van der Waals surface area contributed by atoms with E-state index >= 15 is 0 Å². The molecule has 0 bridgehead atoms. The van der Waals surface area contributed by atoms with E-state index in [9.17, 15) is 4.79 Å². The normalized spacial score (nSPS) is 13.2. The van der Waals surface area contributed by atoms with Crippen molar-refractivity contribution in [3.63, 3.8) is 0 Å². The van der Waals surface area contributed by atoms with Crippen molar-refractivity contribution in [1.82, 2.24) is 5.01 Å². The van der Waals surface area contributed by atoms with Gasteiger partial charge in [-0.1, -0.05) is 36.4 Å². The van der Waals surface area contributed by atoms with Gasteiger partial charge in [0.15, 0.2) is 0 Å². The molecule has 2 aromatic carbocycles. The number of allylic oxidation sites excluding steroid dienone is 1. The third-order valence-corrected chi connectivity index (χ3v) is 4.40. The highest BCUT2D eigenvalue weighted by Crippen LogP contribution is 2.31. The van der Waals surface area contributed by atoms with Crippen LogP contribution in [0.3, 0.4) is 0 Å². The van der Waals surface area contributed by atoms with Crippen molar-refractivity contribution in [2.24, 2.45) is 0 Å².